The molecule has 2 aromatic rings. The number of thioether (sulfide) groups is 1. The first-order chi connectivity index (χ1) is 12.6. The smallest absolute Gasteiger partial charge is 0.234 e. The molecule has 0 atom stereocenters. The van der Waals surface area contributed by atoms with Crippen molar-refractivity contribution in [1.29, 1.82) is 0 Å². The zero-order valence-electron chi connectivity index (χ0n) is 15.5. The largest absolute Gasteiger partial charge is 0.372 e. The fourth-order valence-corrected chi connectivity index (χ4v) is 3.95. The van der Waals surface area contributed by atoms with Gasteiger partial charge in [-0.2, -0.15) is 0 Å². The summed E-state index contributed by atoms with van der Waals surface area (Å²) in [5.41, 5.74) is 2.07. The number of rotatable bonds is 6. The maximum Gasteiger partial charge on any atom is 0.234 e. The van der Waals surface area contributed by atoms with E-state index in [1.807, 2.05) is 16.7 Å². The highest BCUT2D eigenvalue weighted by molar-refractivity contribution is 7.99. The van der Waals surface area contributed by atoms with E-state index in [0.29, 0.717) is 5.75 Å². The normalized spacial score (nSPS) is 15.1. The van der Waals surface area contributed by atoms with Crippen LogP contribution in [-0.2, 0) is 4.79 Å². The van der Waals surface area contributed by atoms with Gasteiger partial charge in [-0.1, -0.05) is 24.6 Å². The van der Waals surface area contributed by atoms with Crippen LogP contribution in [0.25, 0.3) is 0 Å². The van der Waals surface area contributed by atoms with E-state index in [4.69, 9.17) is 0 Å². The van der Waals surface area contributed by atoms with E-state index in [0.717, 1.165) is 23.9 Å². The molecule has 3 rings (SSSR count). The molecule has 1 aliphatic heterocycles. The molecule has 0 spiro atoms. The molecule has 0 bridgehead atoms. The molecule has 1 aliphatic rings. The summed E-state index contributed by atoms with van der Waals surface area (Å²) in [5.74, 6) is 0.287. The highest BCUT2D eigenvalue weighted by Crippen LogP contribution is 2.22. The summed E-state index contributed by atoms with van der Waals surface area (Å²) in [4.78, 5) is 14.7. The van der Waals surface area contributed by atoms with Crippen molar-refractivity contribution >= 4 is 29.0 Å². The lowest BCUT2D eigenvalue weighted by Crippen LogP contribution is -2.23. The van der Waals surface area contributed by atoms with Crippen LogP contribution in [0.4, 0.5) is 11.4 Å². The Morgan fingerprint density at radius 3 is 2.50 bits per heavy atom. The molecule has 2 heterocycles. The maximum absolute atomic E-state index is 12.2. The summed E-state index contributed by atoms with van der Waals surface area (Å²) >= 11 is 1.41. The third kappa shape index (κ3) is 5.00. The van der Waals surface area contributed by atoms with E-state index < -0.39 is 0 Å². The molecule has 1 saturated heterocycles. The summed E-state index contributed by atoms with van der Waals surface area (Å²) in [6, 6.07) is 8.45. The lowest BCUT2D eigenvalue weighted by molar-refractivity contribution is -0.113. The average Bonchev–Trinajstić information content (AvgIpc) is 2.95. The van der Waals surface area contributed by atoms with Crippen LogP contribution in [0, 0.1) is 0 Å². The molecule has 1 aromatic carbocycles. The molecule has 26 heavy (non-hydrogen) atoms. The molecule has 6 nitrogen and oxygen atoms in total. The minimum absolute atomic E-state index is 0.0316. The van der Waals surface area contributed by atoms with Gasteiger partial charge in [0.05, 0.1) is 5.75 Å². The number of carbonyl (C=O) groups is 1. The van der Waals surface area contributed by atoms with Crippen molar-refractivity contribution in [2.75, 3.05) is 29.1 Å². The first-order valence-electron chi connectivity index (χ1n) is 9.30. The molecule has 0 aliphatic carbocycles. The molecule has 0 radical (unpaired) electrons. The molecule has 1 aromatic heterocycles. The third-order valence-corrected chi connectivity index (χ3v) is 5.51. The lowest BCUT2D eigenvalue weighted by atomic mass is 10.2. The highest BCUT2D eigenvalue weighted by Gasteiger charge is 2.12. The maximum atomic E-state index is 12.2. The summed E-state index contributed by atoms with van der Waals surface area (Å²) in [7, 11) is 0. The number of aromatic nitrogens is 3. The Morgan fingerprint density at radius 2 is 1.85 bits per heavy atom. The van der Waals surface area contributed by atoms with Gasteiger partial charge in [-0.25, -0.2) is 0 Å². The Hall–Kier alpha value is -2.02. The molecule has 1 amide bonds. The second kappa shape index (κ2) is 9.07. The predicted molar refractivity (Wildman–Crippen MR) is 107 cm³/mol. The van der Waals surface area contributed by atoms with Crippen LogP contribution in [0.2, 0.25) is 0 Å². The van der Waals surface area contributed by atoms with Crippen LogP contribution in [-0.4, -0.2) is 39.5 Å². The van der Waals surface area contributed by atoms with E-state index >= 15 is 0 Å². The quantitative estimate of drug-likeness (QED) is 0.776. The van der Waals surface area contributed by atoms with Gasteiger partial charge in [0.15, 0.2) is 5.16 Å². The third-order valence-electron chi connectivity index (χ3n) is 4.55. The van der Waals surface area contributed by atoms with Crippen molar-refractivity contribution < 1.29 is 4.79 Å². The van der Waals surface area contributed by atoms with Gasteiger partial charge in [0, 0.05) is 30.5 Å². The molecule has 140 valence electrons. The summed E-state index contributed by atoms with van der Waals surface area (Å²) in [6.07, 6.45) is 6.87. The summed E-state index contributed by atoms with van der Waals surface area (Å²) in [5, 5.41) is 11.7. The van der Waals surface area contributed by atoms with Crippen LogP contribution in [0.5, 0.6) is 0 Å². The zero-order chi connectivity index (χ0) is 18.4. The van der Waals surface area contributed by atoms with Gasteiger partial charge in [0.2, 0.25) is 5.91 Å². The Kier molecular flexibility index (Phi) is 6.55. The Labute approximate surface area is 159 Å². The van der Waals surface area contributed by atoms with Crippen molar-refractivity contribution in [3.63, 3.8) is 0 Å². The fourth-order valence-electron chi connectivity index (χ4n) is 3.10. The summed E-state index contributed by atoms with van der Waals surface area (Å²) < 4.78 is 1.97. The van der Waals surface area contributed by atoms with E-state index in [1.165, 1.54) is 43.1 Å². The van der Waals surface area contributed by atoms with Gasteiger partial charge >= 0.3 is 0 Å². The number of hydrogen-bond acceptors (Lipinski definition) is 5. The second-order valence-corrected chi connectivity index (χ2v) is 7.84. The Balaban J connectivity index is 1.52. The van der Waals surface area contributed by atoms with Gasteiger partial charge in [0.1, 0.15) is 6.33 Å². The lowest BCUT2D eigenvalue weighted by Gasteiger charge is -2.22. The molecule has 7 heteroatoms. The van der Waals surface area contributed by atoms with E-state index in [9.17, 15) is 4.79 Å². The van der Waals surface area contributed by atoms with Gasteiger partial charge in [-0.3, -0.25) is 4.79 Å². The number of amides is 1. The summed E-state index contributed by atoms with van der Waals surface area (Å²) in [6.45, 7) is 6.39. The first-order valence-corrected chi connectivity index (χ1v) is 10.3. The minimum atomic E-state index is -0.0316. The number of hydrogen-bond donors (Lipinski definition) is 1. The number of carbonyl (C=O) groups excluding carboxylic acids is 1. The van der Waals surface area contributed by atoms with Gasteiger partial charge in [-0.15, -0.1) is 10.2 Å². The number of benzene rings is 1. The highest BCUT2D eigenvalue weighted by atomic mass is 32.2. The zero-order valence-corrected chi connectivity index (χ0v) is 16.3. The Bertz CT molecular complexity index is 705. The van der Waals surface area contributed by atoms with Crippen molar-refractivity contribution in [3.05, 3.63) is 30.6 Å². The van der Waals surface area contributed by atoms with Crippen molar-refractivity contribution in [2.45, 2.75) is 50.7 Å². The van der Waals surface area contributed by atoms with Crippen molar-refractivity contribution in [2.24, 2.45) is 0 Å². The molecule has 1 fully saturated rings. The predicted octanol–water partition coefficient (Wildman–Crippen LogP) is 3.97. The van der Waals surface area contributed by atoms with Crippen LogP contribution in [0.15, 0.2) is 35.7 Å². The van der Waals surface area contributed by atoms with Crippen LogP contribution < -0.4 is 10.2 Å². The standard InChI is InChI=1S/C19H27N5OS/c1-15(2)24-14-20-22-19(24)26-13-18(25)21-16-7-9-17(10-8-16)23-11-5-3-4-6-12-23/h7-10,14-15H,3-6,11-13H2,1-2H3,(H,21,25). The van der Waals surface area contributed by atoms with Gasteiger partial charge in [-0.05, 0) is 51.0 Å². The molecular weight excluding hydrogens is 346 g/mol. The topological polar surface area (TPSA) is 63.1 Å². The number of anilines is 2. The van der Waals surface area contributed by atoms with E-state index in [2.05, 4.69) is 46.4 Å². The number of nitrogens with one attached hydrogen (secondary N) is 1. The fraction of sp³-hybridized carbons (Fsp3) is 0.526. The van der Waals surface area contributed by atoms with Crippen molar-refractivity contribution in [3.8, 4) is 0 Å². The van der Waals surface area contributed by atoms with Gasteiger partial charge in [0.25, 0.3) is 0 Å². The SMILES string of the molecule is CC(C)n1cnnc1SCC(=O)Nc1ccc(N2CCCCCC2)cc1. The second-order valence-electron chi connectivity index (χ2n) is 6.90. The van der Waals surface area contributed by atoms with Crippen LogP contribution in [0.3, 0.4) is 0 Å². The molecule has 0 saturated carbocycles. The molecule has 1 N–H and O–H groups in total. The number of nitrogens with zero attached hydrogens (tertiary/aromatic N) is 4. The monoisotopic (exact) mass is 373 g/mol. The van der Waals surface area contributed by atoms with Crippen LogP contribution in [0.1, 0.15) is 45.6 Å². The first kappa shape index (κ1) is 18.8. The molecule has 0 unspecified atom stereocenters. The Morgan fingerprint density at radius 1 is 1.15 bits per heavy atom. The van der Waals surface area contributed by atoms with Crippen LogP contribution >= 0.6 is 11.8 Å². The molecular formula is C19H27N5OS. The van der Waals surface area contributed by atoms with E-state index in [1.54, 1.807) is 6.33 Å². The van der Waals surface area contributed by atoms with E-state index in [-0.39, 0.29) is 11.9 Å². The minimum Gasteiger partial charge on any atom is -0.372 e. The average molecular weight is 374 g/mol. The van der Waals surface area contributed by atoms with Crippen molar-refractivity contribution in [1.82, 2.24) is 14.8 Å². The van der Waals surface area contributed by atoms with Gasteiger partial charge < -0.3 is 14.8 Å².